The van der Waals surface area contributed by atoms with Gasteiger partial charge in [-0.3, -0.25) is 14.9 Å². The maximum atomic E-state index is 5.23. The number of nitrogens with one attached hydrogen (secondary N) is 1. The summed E-state index contributed by atoms with van der Waals surface area (Å²) in [6.45, 7) is 7.44. The molecular formula is C18H26N4O. The molecule has 1 saturated heterocycles. The molecule has 1 fully saturated rings. The minimum absolute atomic E-state index is 0.364. The highest BCUT2D eigenvalue weighted by molar-refractivity contribution is 5.74. The molecule has 0 saturated carbocycles. The molecule has 124 valence electrons. The molecule has 5 heteroatoms. The zero-order chi connectivity index (χ0) is 16.2. The minimum atomic E-state index is 0.364. The number of hydrogen-bond donors (Lipinski definition) is 1. The molecule has 2 aromatic rings. The molecular weight excluding hydrogens is 288 g/mol. The third kappa shape index (κ3) is 3.68. The number of benzene rings is 1. The van der Waals surface area contributed by atoms with Gasteiger partial charge in [-0.15, -0.1) is 0 Å². The topological polar surface area (TPSA) is 50.3 Å². The van der Waals surface area contributed by atoms with Gasteiger partial charge in [-0.05, 0) is 38.0 Å². The molecule has 1 aromatic heterocycles. The van der Waals surface area contributed by atoms with Gasteiger partial charge in [0.15, 0.2) is 0 Å². The summed E-state index contributed by atoms with van der Waals surface area (Å²) in [5.74, 6) is 0. The fourth-order valence-corrected chi connectivity index (χ4v) is 3.38. The van der Waals surface area contributed by atoms with Gasteiger partial charge in [-0.25, -0.2) is 0 Å². The molecule has 5 nitrogen and oxygen atoms in total. The van der Waals surface area contributed by atoms with Crippen LogP contribution in [-0.2, 0) is 4.74 Å². The van der Waals surface area contributed by atoms with Crippen molar-refractivity contribution in [3.8, 4) is 0 Å². The van der Waals surface area contributed by atoms with E-state index in [1.165, 1.54) is 5.56 Å². The van der Waals surface area contributed by atoms with Crippen LogP contribution < -0.4 is 5.32 Å². The Bertz CT molecular complexity index is 646. The van der Waals surface area contributed by atoms with Crippen LogP contribution in [0.1, 0.15) is 31.9 Å². The molecule has 2 heterocycles. The first-order valence-corrected chi connectivity index (χ1v) is 8.37. The van der Waals surface area contributed by atoms with Crippen LogP contribution >= 0.6 is 0 Å². The Labute approximate surface area is 138 Å². The average Bonchev–Trinajstić information content (AvgIpc) is 2.60. The van der Waals surface area contributed by atoms with E-state index in [-0.39, 0.29) is 0 Å². The number of nitrogens with zero attached hydrogens (tertiary/aromatic N) is 3. The Hall–Kier alpha value is -1.56. The molecule has 0 bridgehead atoms. The van der Waals surface area contributed by atoms with E-state index in [1.807, 2.05) is 0 Å². The molecule has 3 rings (SSSR count). The quantitative estimate of drug-likeness (QED) is 0.918. The third-order valence-electron chi connectivity index (χ3n) is 4.84. The number of aromatic nitrogens is 2. The Morgan fingerprint density at radius 1 is 1.30 bits per heavy atom. The van der Waals surface area contributed by atoms with E-state index in [1.54, 1.807) is 19.5 Å². The summed E-state index contributed by atoms with van der Waals surface area (Å²) >= 11 is 0. The van der Waals surface area contributed by atoms with Crippen molar-refractivity contribution in [1.82, 2.24) is 20.2 Å². The first-order valence-electron chi connectivity index (χ1n) is 8.37. The maximum absolute atomic E-state index is 5.23. The summed E-state index contributed by atoms with van der Waals surface area (Å²) in [6, 6.07) is 7.80. The van der Waals surface area contributed by atoms with Crippen molar-refractivity contribution in [3.63, 3.8) is 0 Å². The standard InChI is InChI=1S/C18H26N4O/c1-13-11-21-16(6-9-23-3)12-22(13)14(2)15-4-5-17-18(10-15)20-8-7-19-17/h4-5,7-8,10,13-14,16,21H,6,9,11-12H2,1-3H3/t13-,14?,16+/m1/s1. The van der Waals surface area contributed by atoms with Gasteiger partial charge < -0.3 is 10.1 Å². The molecule has 1 aliphatic heterocycles. The Morgan fingerprint density at radius 3 is 2.87 bits per heavy atom. The fourth-order valence-electron chi connectivity index (χ4n) is 3.38. The van der Waals surface area contributed by atoms with Gasteiger partial charge >= 0.3 is 0 Å². The van der Waals surface area contributed by atoms with Crippen LogP contribution in [0.2, 0.25) is 0 Å². The summed E-state index contributed by atoms with van der Waals surface area (Å²) in [7, 11) is 1.77. The van der Waals surface area contributed by atoms with Crippen molar-refractivity contribution in [3.05, 3.63) is 36.2 Å². The van der Waals surface area contributed by atoms with Crippen LogP contribution in [0.4, 0.5) is 0 Å². The monoisotopic (exact) mass is 314 g/mol. The van der Waals surface area contributed by atoms with Gasteiger partial charge in [-0.2, -0.15) is 0 Å². The second-order valence-corrected chi connectivity index (χ2v) is 6.41. The summed E-state index contributed by atoms with van der Waals surface area (Å²) in [5.41, 5.74) is 3.22. The Balaban J connectivity index is 1.77. The van der Waals surface area contributed by atoms with E-state index in [0.717, 1.165) is 37.2 Å². The van der Waals surface area contributed by atoms with Gasteiger partial charge in [-0.1, -0.05) is 6.07 Å². The van der Waals surface area contributed by atoms with E-state index in [4.69, 9.17) is 4.74 Å². The number of hydrogen-bond acceptors (Lipinski definition) is 5. The van der Waals surface area contributed by atoms with Crippen molar-refractivity contribution < 1.29 is 4.74 Å². The molecule has 0 amide bonds. The normalized spacial score (nSPS) is 24.0. The number of methoxy groups -OCH3 is 1. The van der Waals surface area contributed by atoms with E-state index in [9.17, 15) is 0 Å². The first-order chi connectivity index (χ1) is 11.2. The van der Waals surface area contributed by atoms with Crippen LogP contribution in [0.5, 0.6) is 0 Å². The van der Waals surface area contributed by atoms with Crippen LogP contribution in [0.25, 0.3) is 11.0 Å². The second kappa shape index (κ2) is 7.34. The number of piperazine rings is 1. The van der Waals surface area contributed by atoms with Gasteiger partial charge in [0, 0.05) is 57.3 Å². The SMILES string of the molecule is COCC[C@H]1CN(C(C)c2ccc3nccnc3c2)[C@H](C)CN1. The molecule has 1 aliphatic rings. The van der Waals surface area contributed by atoms with Crippen molar-refractivity contribution in [2.75, 3.05) is 26.8 Å². The maximum Gasteiger partial charge on any atom is 0.0890 e. The molecule has 0 radical (unpaired) electrons. The van der Waals surface area contributed by atoms with Crippen molar-refractivity contribution in [2.45, 2.75) is 38.4 Å². The van der Waals surface area contributed by atoms with Gasteiger partial charge in [0.1, 0.15) is 0 Å². The van der Waals surface area contributed by atoms with E-state index in [2.05, 4.69) is 52.2 Å². The highest BCUT2D eigenvalue weighted by Crippen LogP contribution is 2.26. The zero-order valence-electron chi connectivity index (χ0n) is 14.2. The molecule has 23 heavy (non-hydrogen) atoms. The molecule has 0 aliphatic carbocycles. The van der Waals surface area contributed by atoms with Crippen molar-refractivity contribution in [1.29, 1.82) is 0 Å². The van der Waals surface area contributed by atoms with Crippen molar-refractivity contribution in [2.24, 2.45) is 0 Å². The summed E-state index contributed by atoms with van der Waals surface area (Å²) in [6.07, 6.45) is 4.55. The largest absolute Gasteiger partial charge is 0.385 e. The Morgan fingerprint density at radius 2 is 2.09 bits per heavy atom. The summed E-state index contributed by atoms with van der Waals surface area (Å²) in [5, 5.41) is 3.63. The van der Waals surface area contributed by atoms with Gasteiger partial charge in [0.25, 0.3) is 0 Å². The van der Waals surface area contributed by atoms with Crippen LogP contribution in [0.15, 0.2) is 30.6 Å². The lowest BCUT2D eigenvalue weighted by molar-refractivity contribution is 0.0839. The average molecular weight is 314 g/mol. The highest BCUT2D eigenvalue weighted by Gasteiger charge is 2.29. The lowest BCUT2D eigenvalue weighted by Gasteiger charge is -2.42. The van der Waals surface area contributed by atoms with Gasteiger partial charge in [0.2, 0.25) is 0 Å². The molecule has 0 spiro atoms. The van der Waals surface area contributed by atoms with Crippen LogP contribution in [0.3, 0.4) is 0 Å². The van der Waals surface area contributed by atoms with E-state index < -0.39 is 0 Å². The number of rotatable bonds is 5. The molecule has 3 atom stereocenters. The highest BCUT2D eigenvalue weighted by atomic mass is 16.5. The fraction of sp³-hybridized carbons (Fsp3) is 0.556. The summed E-state index contributed by atoms with van der Waals surface area (Å²) in [4.78, 5) is 11.4. The zero-order valence-corrected chi connectivity index (χ0v) is 14.2. The molecule has 1 unspecified atom stereocenters. The number of ether oxygens (including phenoxy) is 1. The van der Waals surface area contributed by atoms with Gasteiger partial charge in [0.05, 0.1) is 11.0 Å². The lowest BCUT2D eigenvalue weighted by atomic mass is 10.00. The van der Waals surface area contributed by atoms with E-state index >= 15 is 0 Å². The first kappa shape index (κ1) is 16.3. The lowest BCUT2D eigenvalue weighted by Crippen LogP contribution is -2.56. The minimum Gasteiger partial charge on any atom is -0.385 e. The second-order valence-electron chi connectivity index (χ2n) is 6.41. The smallest absolute Gasteiger partial charge is 0.0890 e. The van der Waals surface area contributed by atoms with Crippen molar-refractivity contribution >= 4 is 11.0 Å². The predicted molar refractivity (Wildman–Crippen MR) is 92.4 cm³/mol. The summed E-state index contributed by atoms with van der Waals surface area (Å²) < 4.78 is 5.23. The van der Waals surface area contributed by atoms with Crippen LogP contribution in [-0.4, -0.2) is 53.8 Å². The number of fused-ring (bicyclic) bond motifs is 1. The molecule has 1 N–H and O–H groups in total. The molecule has 1 aromatic carbocycles. The Kier molecular flexibility index (Phi) is 5.20. The van der Waals surface area contributed by atoms with E-state index in [0.29, 0.717) is 18.1 Å². The third-order valence-corrected chi connectivity index (χ3v) is 4.84. The van der Waals surface area contributed by atoms with Crippen LogP contribution in [0, 0.1) is 0 Å². The predicted octanol–water partition coefficient (Wildman–Crippen LogP) is 2.39.